The van der Waals surface area contributed by atoms with E-state index in [1.54, 1.807) is 7.11 Å². The molecular weight excluding hydrogens is 164 g/mol. The Kier molecular flexibility index (Phi) is 3.71. The zero-order valence-electron chi connectivity index (χ0n) is 8.47. The van der Waals surface area contributed by atoms with Crippen LogP contribution in [0.2, 0.25) is 0 Å². The molecule has 13 heavy (non-hydrogen) atoms. The van der Waals surface area contributed by atoms with Gasteiger partial charge in [0.2, 0.25) is 0 Å². The fraction of sp³-hybridized carbons (Fsp3) is 0.900. The van der Waals surface area contributed by atoms with E-state index in [1.165, 1.54) is 12.8 Å². The van der Waals surface area contributed by atoms with Crippen molar-refractivity contribution < 1.29 is 4.74 Å². The summed E-state index contributed by atoms with van der Waals surface area (Å²) in [7, 11) is 1.67. The second-order valence-electron chi connectivity index (χ2n) is 4.01. The first-order valence-electron chi connectivity index (χ1n) is 4.85. The van der Waals surface area contributed by atoms with Crippen LogP contribution in [0, 0.1) is 17.2 Å². The van der Waals surface area contributed by atoms with Crippen molar-refractivity contribution in [1.82, 2.24) is 5.32 Å². The molecule has 1 rings (SSSR count). The van der Waals surface area contributed by atoms with E-state index in [1.807, 2.05) is 6.92 Å². The van der Waals surface area contributed by atoms with E-state index in [0.717, 1.165) is 18.9 Å². The molecule has 0 saturated heterocycles. The maximum atomic E-state index is 9.01. The number of hydrogen-bond donors (Lipinski definition) is 1. The predicted octanol–water partition coefficient (Wildman–Crippen LogP) is 1.30. The minimum Gasteiger partial charge on any atom is -0.383 e. The lowest BCUT2D eigenvalue weighted by atomic mass is 9.97. The smallest absolute Gasteiger partial charge is 0.104 e. The molecule has 1 aliphatic carbocycles. The van der Waals surface area contributed by atoms with E-state index in [2.05, 4.69) is 11.4 Å². The zero-order chi connectivity index (χ0) is 9.73. The highest BCUT2D eigenvalue weighted by atomic mass is 16.5. The monoisotopic (exact) mass is 182 g/mol. The van der Waals surface area contributed by atoms with Crippen LogP contribution >= 0.6 is 0 Å². The first-order chi connectivity index (χ1) is 6.20. The minimum atomic E-state index is -0.348. The maximum Gasteiger partial charge on any atom is 0.104 e. The Balaban J connectivity index is 2.25. The second-order valence-corrected chi connectivity index (χ2v) is 4.01. The Bertz CT molecular complexity index is 196. The van der Waals surface area contributed by atoms with E-state index in [9.17, 15) is 0 Å². The van der Waals surface area contributed by atoms with Gasteiger partial charge in [-0.3, -0.25) is 5.32 Å². The van der Waals surface area contributed by atoms with Crippen molar-refractivity contribution >= 4 is 0 Å². The van der Waals surface area contributed by atoms with Gasteiger partial charge in [0.05, 0.1) is 12.7 Å². The van der Waals surface area contributed by atoms with E-state index in [-0.39, 0.29) is 5.54 Å². The lowest BCUT2D eigenvalue weighted by Gasteiger charge is -2.22. The molecule has 0 aromatic carbocycles. The number of rotatable bonds is 6. The molecule has 0 bridgehead atoms. The van der Waals surface area contributed by atoms with E-state index < -0.39 is 0 Å². The average Bonchev–Trinajstić information content (AvgIpc) is 2.89. The highest BCUT2D eigenvalue weighted by Crippen LogP contribution is 2.36. The Morgan fingerprint density at radius 3 is 2.77 bits per heavy atom. The number of ether oxygens (including phenoxy) is 1. The largest absolute Gasteiger partial charge is 0.383 e. The normalized spacial score (nSPS) is 20.7. The number of nitrogens with one attached hydrogen (secondary N) is 1. The van der Waals surface area contributed by atoms with Gasteiger partial charge in [-0.05, 0) is 19.3 Å². The average molecular weight is 182 g/mol. The quantitative estimate of drug-likeness (QED) is 0.630. The van der Waals surface area contributed by atoms with Gasteiger partial charge in [0, 0.05) is 13.7 Å². The second kappa shape index (κ2) is 4.59. The third kappa shape index (κ3) is 3.75. The van der Waals surface area contributed by atoms with Gasteiger partial charge < -0.3 is 4.74 Å². The Hall–Kier alpha value is -0.590. The van der Waals surface area contributed by atoms with E-state index in [4.69, 9.17) is 10.00 Å². The van der Waals surface area contributed by atoms with Gasteiger partial charge in [-0.25, -0.2) is 0 Å². The van der Waals surface area contributed by atoms with E-state index >= 15 is 0 Å². The molecule has 0 amide bonds. The van der Waals surface area contributed by atoms with Crippen molar-refractivity contribution in [2.75, 3.05) is 20.3 Å². The third-order valence-corrected chi connectivity index (χ3v) is 2.46. The summed E-state index contributed by atoms with van der Waals surface area (Å²) in [6, 6.07) is 2.34. The number of nitriles is 1. The molecule has 0 aliphatic heterocycles. The van der Waals surface area contributed by atoms with Gasteiger partial charge in [0.1, 0.15) is 5.54 Å². The minimum absolute atomic E-state index is 0.348. The Morgan fingerprint density at radius 2 is 2.31 bits per heavy atom. The molecule has 74 valence electrons. The predicted molar refractivity (Wildman–Crippen MR) is 51.2 cm³/mol. The zero-order valence-corrected chi connectivity index (χ0v) is 8.47. The van der Waals surface area contributed by atoms with Crippen molar-refractivity contribution in [2.45, 2.75) is 31.7 Å². The highest BCUT2D eigenvalue weighted by molar-refractivity contribution is 5.06. The topological polar surface area (TPSA) is 45.0 Å². The molecule has 1 atom stereocenters. The van der Waals surface area contributed by atoms with Gasteiger partial charge in [0.15, 0.2) is 0 Å². The number of methoxy groups -OCH3 is 1. The molecule has 1 fully saturated rings. The summed E-state index contributed by atoms with van der Waals surface area (Å²) in [4.78, 5) is 0. The number of nitrogens with zero attached hydrogens (tertiary/aromatic N) is 1. The van der Waals surface area contributed by atoms with Crippen molar-refractivity contribution in [2.24, 2.45) is 5.92 Å². The van der Waals surface area contributed by atoms with Crippen LogP contribution in [0.3, 0.4) is 0 Å². The lowest BCUT2D eigenvalue weighted by molar-refractivity contribution is 0.190. The van der Waals surface area contributed by atoms with Gasteiger partial charge in [-0.15, -0.1) is 0 Å². The van der Waals surface area contributed by atoms with Gasteiger partial charge in [-0.2, -0.15) is 5.26 Å². The summed E-state index contributed by atoms with van der Waals surface area (Å²) < 4.78 is 4.93. The summed E-state index contributed by atoms with van der Waals surface area (Å²) in [5.74, 6) is 0.777. The van der Waals surface area contributed by atoms with Crippen molar-refractivity contribution in [3.05, 3.63) is 0 Å². The Labute approximate surface area is 80.1 Å². The molecule has 3 heteroatoms. The summed E-state index contributed by atoms with van der Waals surface area (Å²) >= 11 is 0. The van der Waals surface area contributed by atoms with Crippen LogP contribution in [-0.2, 0) is 4.74 Å². The SMILES string of the molecule is COCCNC(C)(C#N)CC1CC1. The van der Waals surface area contributed by atoms with Crippen LogP contribution in [0.25, 0.3) is 0 Å². The molecule has 0 radical (unpaired) electrons. The fourth-order valence-corrected chi connectivity index (χ4v) is 1.49. The fourth-order valence-electron chi connectivity index (χ4n) is 1.49. The summed E-state index contributed by atoms with van der Waals surface area (Å²) in [5, 5.41) is 12.2. The standard InChI is InChI=1S/C10H18N2O/c1-10(8-11,7-9-3-4-9)12-5-6-13-2/h9,12H,3-7H2,1-2H3. The highest BCUT2D eigenvalue weighted by Gasteiger charge is 2.32. The molecule has 1 unspecified atom stereocenters. The third-order valence-electron chi connectivity index (χ3n) is 2.46. The van der Waals surface area contributed by atoms with Crippen LogP contribution in [0.15, 0.2) is 0 Å². The molecule has 1 saturated carbocycles. The molecule has 1 aliphatic rings. The first kappa shape index (κ1) is 10.5. The molecule has 1 N–H and O–H groups in total. The van der Waals surface area contributed by atoms with Gasteiger partial charge in [-0.1, -0.05) is 12.8 Å². The summed E-state index contributed by atoms with van der Waals surface area (Å²) in [6.45, 7) is 3.40. The maximum absolute atomic E-state index is 9.01. The van der Waals surface area contributed by atoms with Gasteiger partial charge in [0.25, 0.3) is 0 Å². The van der Waals surface area contributed by atoms with Gasteiger partial charge >= 0.3 is 0 Å². The van der Waals surface area contributed by atoms with Crippen molar-refractivity contribution in [1.29, 1.82) is 5.26 Å². The van der Waals surface area contributed by atoms with Crippen molar-refractivity contribution in [3.63, 3.8) is 0 Å². The van der Waals surface area contributed by atoms with Crippen LogP contribution in [0.5, 0.6) is 0 Å². The molecule has 0 aromatic heterocycles. The summed E-state index contributed by atoms with van der Waals surface area (Å²) in [5.41, 5.74) is -0.348. The lowest BCUT2D eigenvalue weighted by Crippen LogP contribution is -2.43. The first-order valence-corrected chi connectivity index (χ1v) is 4.85. The van der Waals surface area contributed by atoms with E-state index in [0.29, 0.717) is 6.61 Å². The summed E-state index contributed by atoms with van der Waals surface area (Å²) in [6.07, 6.45) is 3.57. The molecular formula is C10H18N2O. The molecule has 0 heterocycles. The molecule has 0 aromatic rings. The number of hydrogen-bond acceptors (Lipinski definition) is 3. The van der Waals surface area contributed by atoms with Crippen LogP contribution in [0.1, 0.15) is 26.2 Å². The molecule has 0 spiro atoms. The van der Waals surface area contributed by atoms with Crippen molar-refractivity contribution in [3.8, 4) is 6.07 Å². The van der Waals surface area contributed by atoms with Crippen LogP contribution in [0.4, 0.5) is 0 Å². The Morgan fingerprint density at radius 1 is 1.62 bits per heavy atom. The van der Waals surface area contributed by atoms with Crippen LogP contribution < -0.4 is 5.32 Å². The van der Waals surface area contributed by atoms with Crippen LogP contribution in [-0.4, -0.2) is 25.8 Å². The molecule has 3 nitrogen and oxygen atoms in total.